The molecule has 5 aromatic rings. The molecule has 9 nitrogen and oxygen atoms in total. The van der Waals surface area contributed by atoms with Crippen molar-refractivity contribution >= 4 is 121 Å². The van der Waals surface area contributed by atoms with Crippen LogP contribution in [-0.2, 0) is 37.4 Å². The first-order chi connectivity index (χ1) is 31.9. The van der Waals surface area contributed by atoms with Gasteiger partial charge in [0.15, 0.2) is 0 Å². The van der Waals surface area contributed by atoms with E-state index in [1.165, 1.54) is 22.3 Å². The molecule has 0 atom stereocenters. The van der Waals surface area contributed by atoms with E-state index in [0.29, 0.717) is 36.4 Å². The van der Waals surface area contributed by atoms with Gasteiger partial charge in [-0.3, -0.25) is 49.9 Å². The van der Waals surface area contributed by atoms with Crippen molar-refractivity contribution in [3.63, 3.8) is 0 Å². The van der Waals surface area contributed by atoms with Gasteiger partial charge in [-0.25, -0.2) is 29.3 Å². The second-order valence-electron chi connectivity index (χ2n) is 14.8. The Bertz CT molecular complexity index is 1780. The minimum Gasteiger partial charge on any atom is -1.00 e. The van der Waals surface area contributed by atoms with Crippen LogP contribution in [0, 0.1) is 27.7 Å². The van der Waals surface area contributed by atoms with E-state index < -0.39 is 0 Å². The van der Waals surface area contributed by atoms with Crippen molar-refractivity contribution in [2.45, 2.75) is 62.1 Å². The quantitative estimate of drug-likeness (QED) is 0.0145. The van der Waals surface area contributed by atoms with Crippen LogP contribution in [0.2, 0.25) is 0 Å². The number of nitrogens with one attached hydrogen (secondary N) is 8. The van der Waals surface area contributed by atoms with E-state index in [2.05, 4.69) is 136 Å². The fourth-order valence-electron chi connectivity index (χ4n) is 6.12. The van der Waals surface area contributed by atoms with Crippen molar-refractivity contribution in [1.82, 2.24) is 42.5 Å². The van der Waals surface area contributed by atoms with E-state index in [-0.39, 0.29) is 142 Å². The Kier molecular flexibility index (Phi) is 77.5. The zero-order valence-electron chi connectivity index (χ0n) is 45.7. The number of rotatable bonds is 18. The molecule has 0 amide bonds. The summed E-state index contributed by atoms with van der Waals surface area (Å²) in [5.41, 5.74) is 11.8. The van der Waals surface area contributed by atoms with Crippen molar-refractivity contribution in [2.75, 3.05) is 63.4 Å². The van der Waals surface area contributed by atoms with E-state index in [9.17, 15) is 0 Å². The molecule has 5 rings (SSSR count). The van der Waals surface area contributed by atoms with Crippen LogP contribution < -0.4 is 92.2 Å². The molecule has 0 aliphatic rings. The molecular formula is C55H81Cl6Mg4N9. The summed E-state index contributed by atoms with van der Waals surface area (Å²) in [5.74, 6) is 3.39. The van der Waals surface area contributed by atoms with Gasteiger partial charge >= 0.3 is 92.2 Å². The number of benzene rings is 5. The number of hydrogen-bond donors (Lipinski definition) is 8. The molecule has 0 aliphatic carbocycles. The standard InChI is InChI=1S/2C14H26N4.C8H8Cl2.2C8H8.C3H5N.4ClH.4Mg/c2*1-15-13(16-2)9-11-7-5-6-8-12(11)10-14(17-3)18-4;9-5-7-3-1-2-4-8(7)6-10;2*1-7-5-3-4-6-8(7)2;1-3-4-2;;;;;;;;/h2*5-8,13-18H,9-10H2,1-4H3;1-4H,5-6H2;2*3-6H,1-2H2;1H2,2H3;4*1H;;;;/q;;;2*-2;;;;;;4*+2/p-4. The molecule has 5 aromatic carbocycles. The predicted octanol–water partition coefficient (Wildman–Crippen LogP) is -5.17. The first kappa shape index (κ1) is 92.9. The molecular weight excluding hydrogens is 1100 g/mol. The minimum atomic E-state index is 0. The van der Waals surface area contributed by atoms with Crippen LogP contribution in [0.15, 0.2) is 133 Å². The van der Waals surface area contributed by atoms with Gasteiger partial charge in [-0.1, -0.05) is 72.8 Å². The van der Waals surface area contributed by atoms with Gasteiger partial charge in [-0.15, -0.1) is 47.5 Å². The maximum Gasteiger partial charge on any atom is 2.00 e. The van der Waals surface area contributed by atoms with Crippen molar-refractivity contribution in [2.24, 2.45) is 4.99 Å². The van der Waals surface area contributed by atoms with Gasteiger partial charge in [0.05, 0.1) is 24.7 Å². The van der Waals surface area contributed by atoms with Gasteiger partial charge in [0.2, 0.25) is 0 Å². The predicted molar refractivity (Wildman–Crippen MR) is 314 cm³/mol. The monoisotopic (exact) mass is 1170 g/mol. The number of likely N-dealkylation sites (N-methyl/N-ethyl adjacent to an activating group) is 8. The smallest absolute Gasteiger partial charge is 1.00 e. The van der Waals surface area contributed by atoms with Crippen LogP contribution in [0.1, 0.15) is 55.6 Å². The largest absolute Gasteiger partial charge is 2.00 e. The van der Waals surface area contributed by atoms with Crippen molar-refractivity contribution in [3.05, 3.63) is 211 Å². The van der Waals surface area contributed by atoms with E-state index in [1.807, 2.05) is 129 Å². The zero-order valence-corrected chi connectivity index (χ0v) is 55.9. The SMILES string of the molecule is C=C=NC.CNC(Cc1ccccc1CC(NC)NC)NC.CNC(Cc1ccccc1CC(NC)NC)NC.ClCc1ccccc1CCl.[CH2-]c1ccccc1[CH2-].[CH2-]c1ccccc1[CH2-].[Cl-].[Cl-].[Cl-].[Cl-].[Mg+2].[Mg+2].[Mg+2].[Mg+2]. The Morgan fingerprint density at radius 2 is 0.527 bits per heavy atom. The maximum atomic E-state index is 5.65. The second kappa shape index (κ2) is 61.7. The molecule has 19 heteroatoms. The van der Waals surface area contributed by atoms with E-state index in [1.54, 1.807) is 7.05 Å². The molecule has 0 unspecified atom stereocenters. The summed E-state index contributed by atoms with van der Waals surface area (Å²) >= 11 is 11.3. The average Bonchev–Trinajstić information content (AvgIpc) is 3.36. The van der Waals surface area contributed by atoms with Crippen molar-refractivity contribution in [3.8, 4) is 0 Å². The van der Waals surface area contributed by atoms with Crippen LogP contribution >= 0.6 is 23.2 Å². The molecule has 0 aromatic heterocycles. The van der Waals surface area contributed by atoms with Gasteiger partial charge < -0.3 is 92.2 Å². The van der Waals surface area contributed by atoms with Crippen molar-refractivity contribution in [1.29, 1.82) is 0 Å². The molecule has 8 N–H and O–H groups in total. The Morgan fingerprint density at radius 3 is 0.649 bits per heavy atom. The molecule has 0 bridgehead atoms. The molecule has 74 heavy (non-hydrogen) atoms. The molecule has 0 saturated heterocycles. The number of aliphatic imine (C=N–C) groups is 1. The number of hydrogen-bond acceptors (Lipinski definition) is 9. The minimum absolute atomic E-state index is 0. The number of halogens is 6. The molecule has 0 aliphatic heterocycles. The normalized spacial score (nSPS) is 9.07. The second-order valence-corrected chi connectivity index (χ2v) is 15.4. The van der Waals surface area contributed by atoms with Crippen LogP contribution in [0.25, 0.3) is 0 Å². The first-order valence-corrected chi connectivity index (χ1v) is 23.2. The topological polar surface area (TPSA) is 109 Å². The Balaban J connectivity index is -0.000000101. The van der Waals surface area contributed by atoms with Gasteiger partial charge in [0.25, 0.3) is 0 Å². The Hall–Kier alpha value is -0.485. The van der Waals surface area contributed by atoms with Crippen LogP contribution in [0.5, 0.6) is 0 Å². The fraction of sp³-hybridized carbons (Fsp3) is 0.345. The Morgan fingerprint density at radius 1 is 0.378 bits per heavy atom. The molecule has 396 valence electrons. The average molecular weight is 1180 g/mol. The fourth-order valence-corrected chi connectivity index (χ4v) is 6.64. The molecule has 0 fully saturated rings. The van der Waals surface area contributed by atoms with Gasteiger partial charge in [0.1, 0.15) is 0 Å². The molecule has 0 heterocycles. The maximum absolute atomic E-state index is 5.65. The molecule has 0 radical (unpaired) electrons. The zero-order chi connectivity index (χ0) is 49.5. The van der Waals surface area contributed by atoms with Crippen LogP contribution in [0.4, 0.5) is 0 Å². The first-order valence-electron chi connectivity index (χ1n) is 22.2. The van der Waals surface area contributed by atoms with Gasteiger partial charge in [-0.05, 0) is 102 Å². The van der Waals surface area contributed by atoms with Gasteiger partial charge in [-0.2, -0.15) is 0 Å². The number of nitrogens with zero attached hydrogens (tertiary/aromatic N) is 1. The summed E-state index contributed by atoms with van der Waals surface area (Å²) in [6, 6.07) is 40.8. The van der Waals surface area contributed by atoms with Crippen LogP contribution in [-0.4, -0.2) is 186 Å². The summed E-state index contributed by atoms with van der Waals surface area (Å²) < 4.78 is 0. The van der Waals surface area contributed by atoms with Crippen molar-refractivity contribution < 1.29 is 49.6 Å². The Labute approximate surface area is 549 Å². The van der Waals surface area contributed by atoms with E-state index in [0.717, 1.165) is 59.1 Å². The van der Waals surface area contributed by atoms with E-state index in [4.69, 9.17) is 23.2 Å². The third-order valence-corrected chi connectivity index (χ3v) is 11.1. The molecule has 0 spiro atoms. The third-order valence-electron chi connectivity index (χ3n) is 10.5. The van der Waals surface area contributed by atoms with E-state index >= 15 is 0 Å². The summed E-state index contributed by atoms with van der Waals surface area (Å²) in [6.45, 7) is 18.2. The summed E-state index contributed by atoms with van der Waals surface area (Å²) in [5, 5.41) is 26.1. The molecule has 0 saturated carbocycles. The summed E-state index contributed by atoms with van der Waals surface area (Å²) in [4.78, 5) is 3.38. The van der Waals surface area contributed by atoms with Crippen LogP contribution in [0.3, 0.4) is 0 Å². The third kappa shape index (κ3) is 42.5. The summed E-state index contributed by atoms with van der Waals surface area (Å²) in [7, 11) is 17.5. The number of alkyl halides is 2. The van der Waals surface area contributed by atoms with Gasteiger partial charge in [0, 0.05) is 44.5 Å². The summed E-state index contributed by atoms with van der Waals surface area (Å²) in [6.07, 6.45) is 5.21.